The number of halogens is 2. The van der Waals surface area contributed by atoms with Crippen LogP contribution in [-0.4, -0.2) is 19.5 Å². The zero-order chi connectivity index (χ0) is 15.5. The third-order valence-electron chi connectivity index (χ3n) is 3.25. The molecule has 0 saturated carbocycles. The highest BCUT2D eigenvalue weighted by Gasteiger charge is 2.12. The average molecular weight is 428 g/mol. The summed E-state index contributed by atoms with van der Waals surface area (Å²) in [6, 6.07) is 8.31. The van der Waals surface area contributed by atoms with Crippen molar-refractivity contribution < 1.29 is 0 Å². The Hall–Kier alpha value is -1.41. The number of anilines is 1. The maximum atomic E-state index is 6.06. The highest BCUT2D eigenvalue weighted by Crippen LogP contribution is 2.22. The summed E-state index contributed by atoms with van der Waals surface area (Å²) in [7, 11) is 0. The van der Waals surface area contributed by atoms with Gasteiger partial charge in [0, 0.05) is 16.7 Å². The fourth-order valence-electron chi connectivity index (χ4n) is 2.28. The number of hydrogen-bond acceptors (Lipinski definition) is 4. The Balaban J connectivity index is 1.90. The molecule has 0 amide bonds. The molecule has 0 fully saturated rings. The number of nitrogens with zero attached hydrogens (tertiary/aromatic N) is 4. The first-order valence-corrected chi connectivity index (χ1v) is 8.49. The fraction of sp³-hybridized carbons (Fsp3) is 0.267. The van der Waals surface area contributed by atoms with Gasteiger partial charge >= 0.3 is 0 Å². The summed E-state index contributed by atoms with van der Waals surface area (Å²) in [5.74, 6) is 0.670. The molecule has 0 saturated heterocycles. The van der Waals surface area contributed by atoms with Crippen LogP contribution in [0.5, 0.6) is 0 Å². The number of aromatic nitrogens is 4. The molecule has 0 aliphatic heterocycles. The minimum Gasteiger partial charge on any atom is -0.364 e. The number of imidazole rings is 1. The quantitative estimate of drug-likeness (QED) is 0.492. The summed E-state index contributed by atoms with van der Waals surface area (Å²) in [6.45, 7) is 3.64. The molecule has 0 bridgehead atoms. The largest absolute Gasteiger partial charge is 0.364 e. The Kier molecular flexibility index (Phi) is 4.77. The molecular weight excluding hydrogens is 413 g/mol. The first-order valence-electron chi connectivity index (χ1n) is 7.04. The van der Waals surface area contributed by atoms with Gasteiger partial charge < -0.3 is 9.88 Å². The molecule has 0 spiro atoms. The highest BCUT2D eigenvalue weighted by molar-refractivity contribution is 14.1. The number of aryl methyl sites for hydroxylation is 1. The van der Waals surface area contributed by atoms with Crippen LogP contribution in [0.25, 0.3) is 11.2 Å². The van der Waals surface area contributed by atoms with E-state index >= 15 is 0 Å². The smallest absolute Gasteiger partial charge is 0.226 e. The van der Waals surface area contributed by atoms with Crippen LogP contribution in [0.4, 0.5) is 5.82 Å². The van der Waals surface area contributed by atoms with E-state index in [1.807, 2.05) is 10.6 Å². The lowest BCUT2D eigenvalue weighted by Crippen LogP contribution is -2.04. The van der Waals surface area contributed by atoms with Crippen LogP contribution in [0.15, 0.2) is 30.6 Å². The normalized spacial score (nSPS) is 11.0. The second-order valence-electron chi connectivity index (χ2n) is 4.93. The molecule has 7 heteroatoms. The molecule has 0 radical (unpaired) electrons. The van der Waals surface area contributed by atoms with Crippen molar-refractivity contribution in [3.05, 3.63) is 45.0 Å². The molecule has 0 unspecified atom stereocenters. The molecule has 0 aliphatic carbocycles. The van der Waals surface area contributed by atoms with Crippen LogP contribution in [0.3, 0.4) is 0 Å². The van der Waals surface area contributed by atoms with Gasteiger partial charge in [0.25, 0.3) is 0 Å². The van der Waals surface area contributed by atoms with E-state index in [0.29, 0.717) is 12.4 Å². The Morgan fingerprint density at radius 3 is 2.95 bits per heavy atom. The Morgan fingerprint density at radius 2 is 2.18 bits per heavy atom. The number of benzene rings is 1. The van der Waals surface area contributed by atoms with E-state index in [1.165, 1.54) is 9.13 Å². The molecule has 0 aliphatic rings. The maximum absolute atomic E-state index is 6.06. The van der Waals surface area contributed by atoms with E-state index in [0.717, 1.165) is 24.1 Å². The van der Waals surface area contributed by atoms with E-state index in [1.54, 1.807) is 6.33 Å². The average Bonchev–Trinajstić information content (AvgIpc) is 2.88. The predicted molar refractivity (Wildman–Crippen MR) is 97.1 cm³/mol. The van der Waals surface area contributed by atoms with Gasteiger partial charge in [-0.2, -0.15) is 9.97 Å². The summed E-state index contributed by atoms with van der Waals surface area (Å²) in [5.41, 5.74) is 2.71. The molecular formula is C15H15ClIN5. The summed E-state index contributed by atoms with van der Waals surface area (Å²) in [4.78, 5) is 13.0. The van der Waals surface area contributed by atoms with Gasteiger partial charge in [-0.1, -0.05) is 19.1 Å². The highest BCUT2D eigenvalue weighted by atomic mass is 127. The molecule has 3 aromatic rings. The van der Waals surface area contributed by atoms with Gasteiger partial charge in [0.05, 0.1) is 6.33 Å². The molecule has 1 N–H and O–H groups in total. The lowest BCUT2D eigenvalue weighted by atomic mass is 10.2. The van der Waals surface area contributed by atoms with Crippen LogP contribution in [0.1, 0.15) is 18.9 Å². The van der Waals surface area contributed by atoms with Crippen LogP contribution >= 0.6 is 34.2 Å². The van der Waals surface area contributed by atoms with Crippen LogP contribution in [0.2, 0.25) is 5.28 Å². The standard InChI is InChI=1S/C15H15ClIN5/c1-2-6-22-9-19-12-13(20-15(16)21-14(12)22)18-8-10-4-3-5-11(17)7-10/h3-5,7,9H,2,6,8H2,1H3,(H,18,20,21). The lowest BCUT2D eigenvalue weighted by Gasteiger charge is -2.08. The SMILES string of the molecule is CCCn1cnc2c(NCc3cccc(I)c3)nc(Cl)nc21. The van der Waals surface area contributed by atoms with E-state index in [2.05, 4.69) is 68.0 Å². The van der Waals surface area contributed by atoms with E-state index in [9.17, 15) is 0 Å². The summed E-state index contributed by atoms with van der Waals surface area (Å²) in [5, 5.41) is 3.54. The van der Waals surface area contributed by atoms with Crippen molar-refractivity contribution >= 4 is 51.2 Å². The van der Waals surface area contributed by atoms with Gasteiger partial charge in [-0.3, -0.25) is 0 Å². The molecule has 0 atom stereocenters. The number of fused-ring (bicyclic) bond motifs is 1. The Morgan fingerprint density at radius 1 is 1.32 bits per heavy atom. The molecule has 2 aromatic heterocycles. The second-order valence-corrected chi connectivity index (χ2v) is 6.52. The monoisotopic (exact) mass is 427 g/mol. The summed E-state index contributed by atoms with van der Waals surface area (Å²) < 4.78 is 3.20. The van der Waals surface area contributed by atoms with Gasteiger partial charge in [-0.15, -0.1) is 0 Å². The number of rotatable bonds is 5. The van der Waals surface area contributed by atoms with Crippen molar-refractivity contribution in [2.45, 2.75) is 26.4 Å². The van der Waals surface area contributed by atoms with Crippen molar-refractivity contribution in [2.75, 3.05) is 5.32 Å². The first-order chi connectivity index (χ1) is 10.7. The lowest BCUT2D eigenvalue weighted by molar-refractivity contribution is 0.691. The number of hydrogen-bond donors (Lipinski definition) is 1. The van der Waals surface area contributed by atoms with Gasteiger partial charge in [0.2, 0.25) is 5.28 Å². The van der Waals surface area contributed by atoms with Gasteiger partial charge in [-0.25, -0.2) is 4.98 Å². The van der Waals surface area contributed by atoms with Gasteiger partial charge in [0.15, 0.2) is 17.0 Å². The zero-order valence-corrected chi connectivity index (χ0v) is 15.0. The topological polar surface area (TPSA) is 55.6 Å². The molecule has 1 aromatic carbocycles. The summed E-state index contributed by atoms with van der Waals surface area (Å²) in [6.07, 6.45) is 2.80. The maximum Gasteiger partial charge on any atom is 0.226 e. The van der Waals surface area contributed by atoms with Crippen LogP contribution < -0.4 is 5.32 Å². The van der Waals surface area contributed by atoms with Gasteiger partial charge in [-0.05, 0) is 58.3 Å². The van der Waals surface area contributed by atoms with E-state index < -0.39 is 0 Å². The summed E-state index contributed by atoms with van der Waals surface area (Å²) >= 11 is 8.36. The third kappa shape index (κ3) is 3.33. The molecule has 3 rings (SSSR count). The third-order valence-corrected chi connectivity index (χ3v) is 4.09. The van der Waals surface area contributed by atoms with Crippen molar-refractivity contribution in [2.24, 2.45) is 0 Å². The van der Waals surface area contributed by atoms with Crippen molar-refractivity contribution in [3.8, 4) is 0 Å². The first kappa shape index (κ1) is 15.5. The van der Waals surface area contributed by atoms with E-state index in [4.69, 9.17) is 11.6 Å². The van der Waals surface area contributed by atoms with Crippen LogP contribution in [0, 0.1) is 3.57 Å². The van der Waals surface area contributed by atoms with Gasteiger partial charge in [0.1, 0.15) is 0 Å². The minimum absolute atomic E-state index is 0.232. The minimum atomic E-state index is 0.232. The fourth-order valence-corrected chi connectivity index (χ4v) is 3.05. The molecule has 5 nitrogen and oxygen atoms in total. The van der Waals surface area contributed by atoms with Crippen molar-refractivity contribution in [1.29, 1.82) is 0 Å². The van der Waals surface area contributed by atoms with E-state index in [-0.39, 0.29) is 5.28 Å². The zero-order valence-electron chi connectivity index (χ0n) is 12.1. The van der Waals surface area contributed by atoms with Crippen molar-refractivity contribution in [3.63, 3.8) is 0 Å². The van der Waals surface area contributed by atoms with Crippen molar-refractivity contribution in [1.82, 2.24) is 19.5 Å². The number of nitrogens with one attached hydrogen (secondary N) is 1. The molecule has 114 valence electrons. The second kappa shape index (κ2) is 6.78. The van der Waals surface area contributed by atoms with Crippen LogP contribution in [-0.2, 0) is 13.1 Å². The predicted octanol–water partition coefficient (Wildman–Crippen LogP) is 4.11. The molecule has 22 heavy (non-hydrogen) atoms. The molecule has 2 heterocycles. The Labute approximate surface area is 147 Å². The Bertz CT molecular complexity index is 802.